The highest BCUT2D eigenvalue weighted by molar-refractivity contribution is 7.80. The first-order chi connectivity index (χ1) is 5.91. The van der Waals surface area contributed by atoms with Crippen LogP contribution in [0.25, 0.3) is 0 Å². The molecule has 0 bridgehead atoms. The Labute approximate surface area is 83.7 Å². The Bertz CT molecular complexity index is 309. The number of rotatable bonds is 2. The molecule has 3 N–H and O–H groups in total. The lowest BCUT2D eigenvalue weighted by molar-refractivity contribution is 0.562. The maximum atomic E-state index is 5.49. The van der Waals surface area contributed by atoms with E-state index >= 15 is 0 Å². The number of hydrogen-bond acceptors (Lipinski definition) is 2. The van der Waals surface area contributed by atoms with Gasteiger partial charge in [-0.2, -0.15) is 5.10 Å². The van der Waals surface area contributed by atoms with Gasteiger partial charge in [-0.1, -0.05) is 33.0 Å². The number of nitrogens with one attached hydrogen (secondary N) is 1. The van der Waals surface area contributed by atoms with Crippen molar-refractivity contribution < 1.29 is 0 Å². The number of H-pyrrole nitrogens is 1. The molecule has 1 aromatic rings. The summed E-state index contributed by atoms with van der Waals surface area (Å²) in [6, 6.07) is 0. The molecule has 0 atom stereocenters. The van der Waals surface area contributed by atoms with Crippen LogP contribution in [0, 0.1) is 0 Å². The average molecular weight is 197 g/mol. The first-order valence-corrected chi connectivity index (χ1v) is 4.63. The lowest BCUT2D eigenvalue weighted by Crippen LogP contribution is -2.18. The molecule has 0 aliphatic heterocycles. The topological polar surface area (TPSA) is 54.7 Å². The minimum absolute atomic E-state index is 0.0661. The summed E-state index contributed by atoms with van der Waals surface area (Å²) in [5.74, 6) is 0. The third-order valence-electron chi connectivity index (χ3n) is 1.83. The molecule has 72 valence electrons. The van der Waals surface area contributed by atoms with Crippen LogP contribution in [-0.4, -0.2) is 15.2 Å². The van der Waals surface area contributed by atoms with Crippen LogP contribution >= 0.6 is 12.2 Å². The van der Waals surface area contributed by atoms with Crippen molar-refractivity contribution in [3.63, 3.8) is 0 Å². The maximum absolute atomic E-state index is 5.49. The first kappa shape index (κ1) is 10.2. The molecule has 0 aromatic carbocycles. The predicted octanol–water partition coefficient (Wildman–Crippen LogP) is 1.54. The molecule has 0 amide bonds. The smallest absolute Gasteiger partial charge is 0.0773 e. The Morgan fingerprint density at radius 3 is 2.69 bits per heavy atom. The number of aromatic amines is 1. The molecule has 0 aliphatic rings. The number of nitrogens with zero attached hydrogens (tertiary/aromatic N) is 1. The van der Waals surface area contributed by atoms with Crippen molar-refractivity contribution >= 4 is 17.2 Å². The van der Waals surface area contributed by atoms with Crippen LogP contribution in [0.5, 0.6) is 0 Å². The second kappa shape index (κ2) is 3.46. The van der Waals surface area contributed by atoms with E-state index < -0.39 is 0 Å². The Morgan fingerprint density at radius 2 is 2.23 bits per heavy atom. The average Bonchev–Trinajstić information content (AvgIpc) is 2.31. The van der Waals surface area contributed by atoms with Gasteiger partial charge in [-0.05, 0) is 0 Å². The summed E-state index contributed by atoms with van der Waals surface area (Å²) in [6.45, 7) is 6.39. The Balaban J connectivity index is 2.96. The largest absolute Gasteiger partial charge is 0.393 e. The zero-order valence-electron chi connectivity index (χ0n) is 8.22. The molecule has 1 rings (SSSR count). The molecule has 0 aliphatic carbocycles. The van der Waals surface area contributed by atoms with Gasteiger partial charge in [-0.25, -0.2) is 0 Å². The Kier molecular flexibility index (Phi) is 2.71. The summed E-state index contributed by atoms with van der Waals surface area (Å²) in [7, 11) is 0. The third-order valence-corrected chi connectivity index (χ3v) is 1.98. The van der Waals surface area contributed by atoms with Crippen LogP contribution in [-0.2, 0) is 11.8 Å². The predicted molar refractivity (Wildman–Crippen MR) is 57.8 cm³/mol. The van der Waals surface area contributed by atoms with Crippen molar-refractivity contribution in [3.05, 3.63) is 17.5 Å². The minimum Gasteiger partial charge on any atom is -0.393 e. The standard InChI is InChI=1S/C9H15N3S/c1-9(2,3)8-6(4-7(10)13)5-11-12-8/h5H,4H2,1-3H3,(H2,10,13)(H,11,12). The van der Waals surface area contributed by atoms with Crippen LogP contribution in [0.15, 0.2) is 6.20 Å². The second-order valence-corrected chi connectivity index (χ2v) is 4.69. The summed E-state index contributed by atoms with van der Waals surface area (Å²) in [5, 5.41) is 6.99. The van der Waals surface area contributed by atoms with E-state index in [1.54, 1.807) is 6.20 Å². The molecule has 0 fully saturated rings. The van der Waals surface area contributed by atoms with E-state index in [1.165, 1.54) is 0 Å². The number of hydrogen-bond donors (Lipinski definition) is 2. The second-order valence-electron chi connectivity index (χ2n) is 4.16. The lowest BCUT2D eigenvalue weighted by atomic mass is 9.89. The molecule has 0 spiro atoms. The van der Waals surface area contributed by atoms with Gasteiger partial charge < -0.3 is 5.73 Å². The van der Waals surface area contributed by atoms with Gasteiger partial charge in [0.2, 0.25) is 0 Å². The van der Waals surface area contributed by atoms with E-state index in [0.717, 1.165) is 11.3 Å². The summed E-state index contributed by atoms with van der Waals surface area (Å²) < 4.78 is 0. The van der Waals surface area contributed by atoms with Crippen molar-refractivity contribution in [2.24, 2.45) is 5.73 Å². The van der Waals surface area contributed by atoms with Crippen molar-refractivity contribution in [2.45, 2.75) is 32.6 Å². The summed E-state index contributed by atoms with van der Waals surface area (Å²) in [5.41, 5.74) is 7.76. The SMILES string of the molecule is CC(C)(C)c1[nH]ncc1CC(N)=S. The van der Waals surface area contributed by atoms with Gasteiger partial charge >= 0.3 is 0 Å². The molecule has 1 heterocycles. The highest BCUT2D eigenvalue weighted by Crippen LogP contribution is 2.23. The van der Waals surface area contributed by atoms with Gasteiger partial charge in [-0.3, -0.25) is 5.10 Å². The van der Waals surface area contributed by atoms with E-state index in [0.29, 0.717) is 11.4 Å². The quantitative estimate of drug-likeness (QED) is 0.707. The molecule has 0 saturated heterocycles. The Morgan fingerprint density at radius 1 is 1.62 bits per heavy atom. The van der Waals surface area contributed by atoms with Crippen LogP contribution in [0.4, 0.5) is 0 Å². The van der Waals surface area contributed by atoms with Crippen molar-refractivity contribution in [3.8, 4) is 0 Å². The van der Waals surface area contributed by atoms with E-state index in [-0.39, 0.29) is 5.41 Å². The van der Waals surface area contributed by atoms with Crippen LogP contribution < -0.4 is 5.73 Å². The summed E-state index contributed by atoms with van der Waals surface area (Å²) >= 11 is 4.86. The monoisotopic (exact) mass is 197 g/mol. The third kappa shape index (κ3) is 2.52. The molecule has 3 nitrogen and oxygen atoms in total. The van der Waals surface area contributed by atoms with E-state index in [2.05, 4.69) is 31.0 Å². The summed E-state index contributed by atoms with van der Waals surface area (Å²) in [4.78, 5) is 0.506. The highest BCUT2D eigenvalue weighted by Gasteiger charge is 2.19. The molecule has 0 unspecified atom stereocenters. The molecule has 0 radical (unpaired) electrons. The fraction of sp³-hybridized carbons (Fsp3) is 0.556. The Hall–Kier alpha value is -0.900. The molecule has 4 heteroatoms. The van der Waals surface area contributed by atoms with Crippen LogP contribution in [0.3, 0.4) is 0 Å². The van der Waals surface area contributed by atoms with Crippen LogP contribution in [0.2, 0.25) is 0 Å². The van der Waals surface area contributed by atoms with Crippen molar-refractivity contribution in [2.75, 3.05) is 0 Å². The van der Waals surface area contributed by atoms with Gasteiger partial charge in [-0.15, -0.1) is 0 Å². The molecular formula is C9H15N3S. The van der Waals surface area contributed by atoms with E-state index in [1.807, 2.05) is 0 Å². The molecule has 0 saturated carbocycles. The van der Waals surface area contributed by atoms with E-state index in [4.69, 9.17) is 18.0 Å². The maximum Gasteiger partial charge on any atom is 0.0773 e. The van der Waals surface area contributed by atoms with Crippen molar-refractivity contribution in [1.29, 1.82) is 0 Å². The first-order valence-electron chi connectivity index (χ1n) is 4.22. The number of thiocarbonyl (C=S) groups is 1. The molecule has 1 aromatic heterocycles. The van der Waals surface area contributed by atoms with Gasteiger partial charge in [0.05, 0.1) is 11.2 Å². The van der Waals surface area contributed by atoms with Crippen molar-refractivity contribution in [1.82, 2.24) is 10.2 Å². The zero-order valence-corrected chi connectivity index (χ0v) is 9.03. The number of aromatic nitrogens is 2. The fourth-order valence-corrected chi connectivity index (χ4v) is 1.44. The fourth-order valence-electron chi connectivity index (χ4n) is 1.28. The van der Waals surface area contributed by atoms with Gasteiger partial charge in [0.25, 0.3) is 0 Å². The van der Waals surface area contributed by atoms with Crippen LogP contribution in [0.1, 0.15) is 32.0 Å². The number of nitrogens with two attached hydrogens (primary N) is 1. The highest BCUT2D eigenvalue weighted by atomic mass is 32.1. The molecular weight excluding hydrogens is 182 g/mol. The van der Waals surface area contributed by atoms with Gasteiger partial charge in [0.1, 0.15) is 0 Å². The van der Waals surface area contributed by atoms with Gasteiger partial charge in [0.15, 0.2) is 0 Å². The summed E-state index contributed by atoms with van der Waals surface area (Å²) in [6.07, 6.45) is 2.41. The lowest BCUT2D eigenvalue weighted by Gasteiger charge is -2.18. The van der Waals surface area contributed by atoms with Gasteiger partial charge in [0, 0.05) is 23.1 Å². The minimum atomic E-state index is 0.0661. The zero-order chi connectivity index (χ0) is 10.1. The van der Waals surface area contributed by atoms with E-state index in [9.17, 15) is 0 Å². The molecule has 13 heavy (non-hydrogen) atoms. The normalized spacial score (nSPS) is 11.6.